The quantitative estimate of drug-likeness (QED) is 0.868. The maximum absolute atomic E-state index is 13.9. The van der Waals surface area contributed by atoms with Crippen molar-refractivity contribution >= 4 is 11.8 Å². The van der Waals surface area contributed by atoms with Gasteiger partial charge in [-0.05, 0) is 39.8 Å². The molecule has 0 saturated carbocycles. The number of anilines is 1. The number of carbonyl (C=O) groups is 1. The molecule has 0 radical (unpaired) electrons. The Kier molecular flexibility index (Phi) is 4.47. The molecule has 1 aromatic carbocycles. The molecule has 106 valence electrons. The van der Waals surface area contributed by atoms with E-state index < -0.39 is 35.0 Å². The fourth-order valence-electron chi connectivity index (χ4n) is 1.46. The number of ether oxygens (including phenoxy) is 1. The molecule has 1 rings (SSSR count). The number of aliphatic hydroxyl groups is 1. The molecule has 1 unspecified atom stereocenters. The van der Waals surface area contributed by atoms with Crippen molar-refractivity contribution in [2.45, 2.75) is 39.4 Å². The van der Waals surface area contributed by atoms with E-state index in [0.717, 1.165) is 12.1 Å². The van der Waals surface area contributed by atoms with Crippen LogP contribution < -0.4 is 5.32 Å². The van der Waals surface area contributed by atoms with Crippen LogP contribution in [0, 0.1) is 11.6 Å². The minimum Gasteiger partial charge on any atom is -0.444 e. The van der Waals surface area contributed by atoms with Crippen molar-refractivity contribution in [3.05, 3.63) is 29.3 Å². The number of halogens is 2. The zero-order valence-electron chi connectivity index (χ0n) is 11.3. The molecular formula is C13H17F2NO3. The van der Waals surface area contributed by atoms with E-state index in [4.69, 9.17) is 4.74 Å². The van der Waals surface area contributed by atoms with E-state index in [2.05, 4.69) is 5.32 Å². The second-order valence-corrected chi connectivity index (χ2v) is 5.13. The highest BCUT2D eigenvalue weighted by atomic mass is 19.1. The molecule has 0 aliphatic heterocycles. The van der Waals surface area contributed by atoms with Gasteiger partial charge < -0.3 is 9.84 Å². The molecule has 0 bridgehead atoms. The van der Waals surface area contributed by atoms with Crippen molar-refractivity contribution in [3.8, 4) is 0 Å². The highest BCUT2D eigenvalue weighted by Crippen LogP contribution is 2.26. The van der Waals surface area contributed by atoms with Gasteiger partial charge in [-0.25, -0.2) is 13.6 Å². The molecule has 1 aromatic rings. The second-order valence-electron chi connectivity index (χ2n) is 5.13. The van der Waals surface area contributed by atoms with Crippen LogP contribution in [0.4, 0.5) is 19.3 Å². The van der Waals surface area contributed by atoms with E-state index in [1.807, 2.05) is 0 Å². The number of aliphatic hydroxyl groups excluding tert-OH is 1. The van der Waals surface area contributed by atoms with Crippen LogP contribution in [0.25, 0.3) is 0 Å². The van der Waals surface area contributed by atoms with E-state index in [-0.39, 0.29) is 5.69 Å². The topological polar surface area (TPSA) is 58.6 Å². The maximum Gasteiger partial charge on any atom is 0.412 e. The summed E-state index contributed by atoms with van der Waals surface area (Å²) in [5.74, 6) is -1.89. The molecule has 0 heterocycles. The minimum atomic E-state index is -1.32. The Morgan fingerprint density at radius 3 is 2.42 bits per heavy atom. The van der Waals surface area contributed by atoms with E-state index in [1.165, 1.54) is 6.92 Å². The third-order valence-corrected chi connectivity index (χ3v) is 2.18. The lowest BCUT2D eigenvalue weighted by Crippen LogP contribution is -2.27. The standard InChI is InChI=1S/C13H17F2NO3/c1-7(17)10-8(14)5-6-9(11(10)15)16-12(18)19-13(2,3)4/h5-7,17H,1-4H3,(H,16,18). The fraction of sp³-hybridized carbons (Fsp3) is 0.462. The predicted molar refractivity (Wildman–Crippen MR) is 66.8 cm³/mol. The summed E-state index contributed by atoms with van der Waals surface area (Å²) in [6.45, 7) is 6.22. The summed E-state index contributed by atoms with van der Waals surface area (Å²) in [5, 5.41) is 11.5. The average molecular weight is 273 g/mol. The van der Waals surface area contributed by atoms with Crippen LogP contribution in [0.3, 0.4) is 0 Å². The van der Waals surface area contributed by atoms with Crippen LogP contribution in [0.2, 0.25) is 0 Å². The summed E-state index contributed by atoms with van der Waals surface area (Å²) in [4.78, 5) is 11.5. The average Bonchev–Trinajstić information content (AvgIpc) is 2.19. The van der Waals surface area contributed by atoms with Gasteiger partial charge >= 0.3 is 6.09 Å². The largest absolute Gasteiger partial charge is 0.444 e. The summed E-state index contributed by atoms with van der Waals surface area (Å²) >= 11 is 0. The lowest BCUT2D eigenvalue weighted by atomic mass is 10.1. The van der Waals surface area contributed by atoms with E-state index >= 15 is 0 Å². The second kappa shape index (κ2) is 5.52. The minimum absolute atomic E-state index is 0.244. The van der Waals surface area contributed by atoms with Crippen molar-refractivity contribution in [1.82, 2.24) is 0 Å². The number of amides is 1. The van der Waals surface area contributed by atoms with Gasteiger partial charge in [0.25, 0.3) is 0 Å². The summed E-state index contributed by atoms with van der Waals surface area (Å²) in [7, 11) is 0. The van der Waals surface area contributed by atoms with Crippen LogP contribution >= 0.6 is 0 Å². The molecule has 4 nitrogen and oxygen atoms in total. The van der Waals surface area contributed by atoms with Crippen LogP contribution in [0.1, 0.15) is 39.4 Å². The Morgan fingerprint density at radius 2 is 1.95 bits per heavy atom. The molecule has 2 N–H and O–H groups in total. The van der Waals surface area contributed by atoms with Crippen LogP contribution in [0.15, 0.2) is 12.1 Å². The first-order valence-corrected chi connectivity index (χ1v) is 5.78. The molecule has 1 atom stereocenters. The molecule has 0 spiro atoms. The zero-order valence-corrected chi connectivity index (χ0v) is 11.3. The van der Waals surface area contributed by atoms with Crippen LogP contribution in [-0.4, -0.2) is 16.8 Å². The summed E-state index contributed by atoms with van der Waals surface area (Å²) in [6.07, 6.45) is -2.17. The highest BCUT2D eigenvalue weighted by Gasteiger charge is 2.21. The van der Waals surface area contributed by atoms with Crippen LogP contribution in [-0.2, 0) is 4.74 Å². The smallest absolute Gasteiger partial charge is 0.412 e. The van der Waals surface area contributed by atoms with Gasteiger partial charge in [0.15, 0.2) is 5.82 Å². The van der Waals surface area contributed by atoms with E-state index in [1.54, 1.807) is 20.8 Å². The van der Waals surface area contributed by atoms with Gasteiger partial charge in [0.1, 0.15) is 11.4 Å². The van der Waals surface area contributed by atoms with E-state index in [0.29, 0.717) is 0 Å². The summed E-state index contributed by atoms with van der Waals surface area (Å²) < 4.78 is 32.2. The van der Waals surface area contributed by atoms with Gasteiger partial charge in [-0.3, -0.25) is 5.32 Å². The van der Waals surface area contributed by atoms with Crippen molar-refractivity contribution in [2.24, 2.45) is 0 Å². The molecule has 19 heavy (non-hydrogen) atoms. The maximum atomic E-state index is 13.9. The molecule has 0 aliphatic rings. The van der Waals surface area contributed by atoms with E-state index in [9.17, 15) is 18.7 Å². The Morgan fingerprint density at radius 1 is 1.37 bits per heavy atom. The summed E-state index contributed by atoms with van der Waals surface area (Å²) in [6, 6.07) is 2.04. The number of rotatable bonds is 2. The first kappa shape index (κ1) is 15.4. The molecule has 0 saturated heterocycles. The number of nitrogens with one attached hydrogen (secondary N) is 1. The van der Waals surface area contributed by atoms with Crippen LogP contribution in [0.5, 0.6) is 0 Å². The monoisotopic (exact) mass is 273 g/mol. The third-order valence-electron chi connectivity index (χ3n) is 2.18. The van der Waals surface area contributed by atoms with Crippen molar-refractivity contribution in [2.75, 3.05) is 5.32 Å². The van der Waals surface area contributed by atoms with Gasteiger partial charge in [0.05, 0.1) is 17.4 Å². The Bertz CT molecular complexity index is 482. The Hall–Kier alpha value is -1.69. The first-order valence-electron chi connectivity index (χ1n) is 5.78. The lowest BCUT2D eigenvalue weighted by molar-refractivity contribution is 0.0635. The van der Waals surface area contributed by atoms with Gasteiger partial charge in [-0.2, -0.15) is 0 Å². The lowest BCUT2D eigenvalue weighted by Gasteiger charge is -2.20. The fourth-order valence-corrected chi connectivity index (χ4v) is 1.46. The Labute approximate surface area is 110 Å². The molecule has 0 aromatic heterocycles. The zero-order chi connectivity index (χ0) is 14.8. The van der Waals surface area contributed by atoms with Gasteiger partial charge in [0, 0.05) is 0 Å². The SMILES string of the molecule is CC(O)c1c(F)ccc(NC(=O)OC(C)(C)C)c1F. The normalized spacial score (nSPS) is 13.0. The molecule has 0 fully saturated rings. The molecule has 6 heteroatoms. The predicted octanol–water partition coefficient (Wildman–Crippen LogP) is 3.37. The van der Waals surface area contributed by atoms with Crippen molar-refractivity contribution < 1.29 is 23.4 Å². The summed E-state index contributed by atoms with van der Waals surface area (Å²) in [5.41, 5.74) is -1.46. The first-order chi connectivity index (χ1) is 8.61. The van der Waals surface area contributed by atoms with Gasteiger partial charge in [-0.15, -0.1) is 0 Å². The molecule has 0 aliphatic carbocycles. The third kappa shape index (κ3) is 4.17. The number of benzene rings is 1. The molecule has 1 amide bonds. The van der Waals surface area contributed by atoms with Gasteiger partial charge in [0.2, 0.25) is 0 Å². The van der Waals surface area contributed by atoms with Gasteiger partial charge in [-0.1, -0.05) is 0 Å². The number of hydrogen-bond acceptors (Lipinski definition) is 3. The molecular weight excluding hydrogens is 256 g/mol. The Balaban J connectivity index is 2.97. The highest BCUT2D eigenvalue weighted by molar-refractivity contribution is 5.85. The number of hydrogen-bond donors (Lipinski definition) is 2. The van der Waals surface area contributed by atoms with Crippen molar-refractivity contribution in [3.63, 3.8) is 0 Å². The number of carbonyl (C=O) groups excluding carboxylic acids is 1. The van der Waals surface area contributed by atoms with Crippen molar-refractivity contribution in [1.29, 1.82) is 0 Å².